The first kappa shape index (κ1) is 12.3. The van der Waals surface area contributed by atoms with Crippen LogP contribution in [0.2, 0.25) is 0 Å². The van der Waals surface area contributed by atoms with Crippen molar-refractivity contribution in [2.24, 2.45) is 0 Å². The van der Waals surface area contributed by atoms with Gasteiger partial charge in [-0.2, -0.15) is 0 Å². The fourth-order valence-corrected chi connectivity index (χ4v) is 5.49. The van der Waals surface area contributed by atoms with Crippen LogP contribution < -0.4 is 0 Å². The van der Waals surface area contributed by atoms with Crippen molar-refractivity contribution < 1.29 is 20.6 Å². The molecule has 0 aliphatic heterocycles. The molecule has 0 atom stereocenters. The highest BCUT2D eigenvalue weighted by atomic mass is 14.2. The predicted molar refractivity (Wildman–Crippen MR) is 173 cm³/mol. The van der Waals surface area contributed by atoms with Crippen LogP contribution in [0, 0.1) is 0 Å². The van der Waals surface area contributed by atoms with Gasteiger partial charge in [0.2, 0.25) is 0 Å². The van der Waals surface area contributed by atoms with E-state index in [0.717, 1.165) is 6.07 Å². The molecule has 0 heterocycles. The summed E-state index contributed by atoms with van der Waals surface area (Å²) in [7, 11) is 0. The molecule has 8 rings (SSSR count). The molecule has 0 unspecified atom stereocenters. The summed E-state index contributed by atoms with van der Waals surface area (Å²) in [6, 6.07) is 11.8. The Labute approximate surface area is 254 Å². The average molecular weight is 522 g/mol. The molecule has 0 aliphatic carbocycles. The Kier molecular flexibility index (Phi) is 2.84. The maximum Gasteiger partial charge on any atom is 0.0636 e. The van der Waals surface area contributed by atoms with Crippen molar-refractivity contribution in [3.8, 4) is 33.4 Å². The molecule has 0 heteroatoms. The van der Waals surface area contributed by atoms with Gasteiger partial charge in [0, 0.05) is 0 Å². The molecule has 8 aromatic rings. The minimum Gasteiger partial charge on any atom is -0.0622 e. The van der Waals surface area contributed by atoms with Gasteiger partial charge < -0.3 is 0 Å². The molecule has 0 radical (unpaired) electrons. The molecule has 0 aromatic heterocycles. The van der Waals surface area contributed by atoms with E-state index in [1.165, 1.54) is 0 Å². The van der Waals surface area contributed by atoms with Gasteiger partial charge in [0.05, 0.1) is 20.6 Å². The van der Waals surface area contributed by atoms with Crippen LogP contribution in [0.3, 0.4) is 0 Å². The smallest absolute Gasteiger partial charge is 0.0622 e. The Morgan fingerprint density at radius 3 is 1.80 bits per heavy atom. The lowest BCUT2D eigenvalue weighted by Crippen LogP contribution is -1.92. The highest BCUT2D eigenvalue weighted by Gasteiger charge is 2.18. The maximum atomic E-state index is 9.26. The molecule has 0 aliphatic rings. The van der Waals surface area contributed by atoms with E-state index >= 15 is 0 Å². The fraction of sp³-hybridized carbons (Fsp3) is 0. The van der Waals surface area contributed by atoms with Gasteiger partial charge in [-0.3, -0.25) is 0 Å². The van der Waals surface area contributed by atoms with E-state index in [0.29, 0.717) is 38.2 Å². The fourth-order valence-electron chi connectivity index (χ4n) is 5.49. The number of hydrogen-bond acceptors (Lipinski definition) is 0. The molecule has 40 heavy (non-hydrogen) atoms. The standard InChI is InChI=1S/C40H26/c1-2-13-28(14-3-1)39-35-16-6-8-18-37(35)40(38-19-9-7-17-36(38)39)34-23-11-21-32-31(20-10-22-33(32)34)30-25-24-27-12-4-5-15-29(27)26-30/h1-26H/i1D,2D,4D,5D,6D,8D,12D,13D,14D,15D,16D,18D,24D,25D,26D. The van der Waals surface area contributed by atoms with E-state index in [9.17, 15) is 4.11 Å². The SMILES string of the molecule is [2H]c1cc([2H])c(-c2c3ccccc3c(-c3cccc4c(-c5c([2H])c([2H])c6c([2H])c([2H])c([2H])c([2H])c6c5[2H])cccc34)c3c([2H])c([2H])c([2H])c([2H])c23)c([2H])c1[2H]. The van der Waals surface area contributed by atoms with Gasteiger partial charge in [0.1, 0.15) is 0 Å². The van der Waals surface area contributed by atoms with Gasteiger partial charge in [0.25, 0.3) is 0 Å². The number of benzene rings is 8. The third kappa shape index (κ3) is 3.54. The maximum absolute atomic E-state index is 9.26. The predicted octanol–water partition coefficient (Wildman–Crippen LogP) is 11.3. The second-order valence-electron chi connectivity index (χ2n) is 9.31. The number of fused-ring (bicyclic) bond motifs is 4. The Hall–Kier alpha value is -5.20. The molecule has 186 valence electrons. The van der Waals surface area contributed by atoms with E-state index in [1.54, 1.807) is 60.7 Å². The highest BCUT2D eigenvalue weighted by Crippen LogP contribution is 2.46. The number of hydrogen-bond donors (Lipinski definition) is 0. The Morgan fingerprint density at radius 2 is 0.975 bits per heavy atom. The van der Waals surface area contributed by atoms with E-state index in [-0.39, 0.29) is 62.4 Å². The molecule has 0 bridgehead atoms. The molecular formula is C40H26. The van der Waals surface area contributed by atoms with Crippen LogP contribution in [-0.2, 0) is 0 Å². The van der Waals surface area contributed by atoms with Gasteiger partial charge in [-0.25, -0.2) is 0 Å². The first-order valence-corrected chi connectivity index (χ1v) is 12.6. The molecular weight excluding hydrogens is 480 g/mol. The lowest BCUT2D eigenvalue weighted by atomic mass is 9.84. The van der Waals surface area contributed by atoms with Crippen LogP contribution in [0.1, 0.15) is 20.6 Å². The minimum atomic E-state index is -0.567. The summed E-state index contributed by atoms with van der Waals surface area (Å²) in [5.41, 5.74) is 1.32. The normalized spacial score (nSPS) is 16.8. The molecule has 0 spiro atoms. The van der Waals surface area contributed by atoms with Crippen LogP contribution in [0.5, 0.6) is 0 Å². The summed E-state index contributed by atoms with van der Waals surface area (Å²) in [6.07, 6.45) is 0. The molecule has 0 fully saturated rings. The van der Waals surface area contributed by atoms with Crippen LogP contribution in [-0.4, -0.2) is 0 Å². The lowest BCUT2D eigenvalue weighted by Gasteiger charge is -2.19. The minimum absolute atomic E-state index is 0.0211. The molecule has 0 amide bonds. The summed E-state index contributed by atoms with van der Waals surface area (Å²) >= 11 is 0. The average Bonchev–Trinajstić information content (AvgIpc) is 3.17. The van der Waals surface area contributed by atoms with Gasteiger partial charge in [0.15, 0.2) is 0 Å². The van der Waals surface area contributed by atoms with Crippen molar-refractivity contribution in [2.75, 3.05) is 0 Å². The summed E-state index contributed by atoms with van der Waals surface area (Å²) in [6.45, 7) is 0. The molecule has 0 saturated heterocycles. The van der Waals surface area contributed by atoms with Gasteiger partial charge in [-0.15, -0.1) is 0 Å². The van der Waals surface area contributed by atoms with Crippen LogP contribution in [0.25, 0.3) is 76.5 Å². The van der Waals surface area contributed by atoms with Crippen LogP contribution in [0.15, 0.2) is 157 Å². The zero-order chi connectivity index (χ0) is 39.5. The summed E-state index contributed by atoms with van der Waals surface area (Å²) in [5.74, 6) is 0. The molecule has 0 nitrogen and oxygen atoms in total. The zero-order valence-corrected chi connectivity index (χ0v) is 20.9. The molecule has 8 aromatic carbocycles. The third-order valence-electron chi connectivity index (χ3n) is 7.16. The van der Waals surface area contributed by atoms with Gasteiger partial charge in [-0.05, 0) is 82.5 Å². The van der Waals surface area contributed by atoms with E-state index in [2.05, 4.69) is 0 Å². The van der Waals surface area contributed by atoms with Gasteiger partial charge >= 0.3 is 0 Å². The lowest BCUT2D eigenvalue weighted by molar-refractivity contribution is 1.65. The quantitative estimate of drug-likeness (QED) is 0.203. The van der Waals surface area contributed by atoms with Crippen molar-refractivity contribution in [2.45, 2.75) is 0 Å². The second-order valence-corrected chi connectivity index (χ2v) is 9.31. The van der Waals surface area contributed by atoms with Crippen LogP contribution >= 0.6 is 0 Å². The summed E-state index contributed by atoms with van der Waals surface area (Å²) in [4.78, 5) is 0. The molecule has 0 saturated carbocycles. The Bertz CT molecular complexity index is 3040. The van der Waals surface area contributed by atoms with Gasteiger partial charge in [-0.1, -0.05) is 151 Å². The van der Waals surface area contributed by atoms with E-state index in [4.69, 9.17) is 16.4 Å². The van der Waals surface area contributed by atoms with Crippen molar-refractivity contribution in [3.05, 3.63) is 157 Å². The Balaban J connectivity index is 1.55. The summed E-state index contributed by atoms with van der Waals surface area (Å²) in [5, 5.41) is 1.69. The van der Waals surface area contributed by atoms with Crippen molar-refractivity contribution in [1.82, 2.24) is 0 Å². The number of rotatable bonds is 3. The van der Waals surface area contributed by atoms with Crippen molar-refractivity contribution >= 4 is 43.1 Å². The highest BCUT2D eigenvalue weighted by molar-refractivity contribution is 6.24. The first-order chi connectivity index (χ1) is 26.1. The molecule has 0 N–H and O–H groups in total. The summed E-state index contributed by atoms with van der Waals surface area (Å²) < 4.78 is 131. The zero-order valence-electron chi connectivity index (χ0n) is 35.9. The van der Waals surface area contributed by atoms with Crippen molar-refractivity contribution in [1.29, 1.82) is 0 Å². The monoisotopic (exact) mass is 521 g/mol. The van der Waals surface area contributed by atoms with Crippen LogP contribution in [0.4, 0.5) is 0 Å². The Morgan fingerprint density at radius 1 is 0.350 bits per heavy atom. The van der Waals surface area contributed by atoms with E-state index < -0.39 is 66.5 Å². The second kappa shape index (κ2) is 9.22. The third-order valence-corrected chi connectivity index (χ3v) is 7.16. The largest absolute Gasteiger partial charge is 0.0636 e. The van der Waals surface area contributed by atoms with E-state index in [1.807, 2.05) is 0 Å². The van der Waals surface area contributed by atoms with Crippen molar-refractivity contribution in [3.63, 3.8) is 0 Å². The topological polar surface area (TPSA) is 0 Å². The first-order valence-electron chi connectivity index (χ1n) is 20.1.